The summed E-state index contributed by atoms with van der Waals surface area (Å²) in [5.41, 5.74) is -2.16. The molecule has 2 aliphatic rings. The van der Waals surface area contributed by atoms with E-state index in [0.29, 0.717) is 24.2 Å². The summed E-state index contributed by atoms with van der Waals surface area (Å²) in [6.07, 6.45) is 3.72. The molecule has 1 radical (unpaired) electrons. The van der Waals surface area contributed by atoms with Gasteiger partial charge in [0.1, 0.15) is 17.3 Å². The lowest BCUT2D eigenvalue weighted by Crippen LogP contribution is -2.49. The van der Waals surface area contributed by atoms with E-state index < -0.39 is 46.4 Å². The van der Waals surface area contributed by atoms with Gasteiger partial charge in [0.05, 0.1) is 29.1 Å². The van der Waals surface area contributed by atoms with E-state index in [1.807, 2.05) is 6.08 Å². The fourth-order valence-corrected chi connectivity index (χ4v) is 6.21. The molecule has 2 atom stereocenters. The summed E-state index contributed by atoms with van der Waals surface area (Å²) in [4.78, 5) is 38.6. The maximum Gasteiger partial charge on any atom is 0.408 e. The standard InChI is InChI=1S/C34H48FN6O6/c1-9-46-28(42)25(37-30(44)47-31(2,3)4)19-22-14-16-24(17-15-22)40-26-13-11-10-12-18-34(35,27(26)38-39-40)29(43)36-21-23-20-32(5,6)41(45)33(23,7)8/h14-17,20,25H,9-13,18-19,21H2,1-8H3,(H,36,43)(H,37,44). The summed E-state index contributed by atoms with van der Waals surface area (Å²) < 4.78 is 28.9. The second kappa shape index (κ2) is 13.7. The van der Waals surface area contributed by atoms with Gasteiger partial charge < -0.3 is 20.1 Å². The van der Waals surface area contributed by atoms with Crippen molar-refractivity contribution in [1.29, 1.82) is 0 Å². The Labute approximate surface area is 276 Å². The van der Waals surface area contributed by atoms with E-state index in [1.165, 1.54) is 0 Å². The number of amides is 2. The highest BCUT2D eigenvalue weighted by Crippen LogP contribution is 2.40. The maximum atomic E-state index is 16.9. The number of esters is 1. The monoisotopic (exact) mass is 655 g/mol. The van der Waals surface area contributed by atoms with E-state index in [0.717, 1.165) is 29.0 Å². The fourth-order valence-electron chi connectivity index (χ4n) is 6.21. The fraction of sp³-hybridized carbons (Fsp3) is 0.618. The number of fused-ring (bicyclic) bond motifs is 1. The molecule has 0 saturated carbocycles. The van der Waals surface area contributed by atoms with Crippen LogP contribution in [0, 0.1) is 0 Å². The Morgan fingerprint density at radius 2 is 1.74 bits per heavy atom. The van der Waals surface area contributed by atoms with Crippen LogP contribution in [0.15, 0.2) is 35.9 Å². The number of benzene rings is 1. The van der Waals surface area contributed by atoms with Gasteiger partial charge in [0, 0.05) is 13.0 Å². The van der Waals surface area contributed by atoms with Crippen LogP contribution in [0.5, 0.6) is 0 Å². The van der Waals surface area contributed by atoms with Crippen LogP contribution in [-0.2, 0) is 42.8 Å². The van der Waals surface area contributed by atoms with Crippen molar-refractivity contribution in [2.75, 3.05) is 13.2 Å². The minimum Gasteiger partial charge on any atom is -0.464 e. The van der Waals surface area contributed by atoms with Crippen molar-refractivity contribution >= 4 is 18.0 Å². The van der Waals surface area contributed by atoms with Crippen molar-refractivity contribution in [1.82, 2.24) is 30.7 Å². The number of carbonyl (C=O) groups excluding carboxylic acids is 3. The predicted octanol–water partition coefficient (Wildman–Crippen LogP) is 4.81. The Morgan fingerprint density at radius 3 is 2.34 bits per heavy atom. The summed E-state index contributed by atoms with van der Waals surface area (Å²) in [6, 6.07) is 6.12. The van der Waals surface area contributed by atoms with Gasteiger partial charge in [-0.3, -0.25) is 4.79 Å². The lowest BCUT2D eigenvalue weighted by atomic mass is 9.87. The minimum absolute atomic E-state index is 0.00634. The number of nitrogens with one attached hydrogen (secondary N) is 2. The summed E-state index contributed by atoms with van der Waals surface area (Å²) in [5, 5.41) is 27.6. The van der Waals surface area contributed by atoms with Crippen LogP contribution in [-0.4, -0.2) is 73.9 Å². The summed E-state index contributed by atoms with van der Waals surface area (Å²) in [5.74, 6) is -1.39. The van der Waals surface area contributed by atoms with Gasteiger partial charge in [0.25, 0.3) is 5.91 Å². The van der Waals surface area contributed by atoms with Gasteiger partial charge >= 0.3 is 12.1 Å². The Balaban J connectivity index is 1.54. The third-order valence-corrected chi connectivity index (χ3v) is 8.60. The number of rotatable bonds is 9. The molecule has 0 spiro atoms. The molecule has 2 heterocycles. The van der Waals surface area contributed by atoms with Crippen LogP contribution in [0.2, 0.25) is 0 Å². The number of nitrogens with zero attached hydrogens (tertiary/aromatic N) is 4. The van der Waals surface area contributed by atoms with Crippen LogP contribution in [0.25, 0.3) is 5.69 Å². The topological polar surface area (TPSA) is 148 Å². The second-order valence-electron chi connectivity index (χ2n) is 14.3. The molecule has 257 valence electrons. The van der Waals surface area contributed by atoms with E-state index >= 15 is 4.39 Å². The first-order valence-corrected chi connectivity index (χ1v) is 16.3. The second-order valence-corrected chi connectivity index (χ2v) is 14.3. The van der Waals surface area contributed by atoms with E-state index in [1.54, 1.807) is 84.3 Å². The molecular formula is C34H48FN6O6. The van der Waals surface area contributed by atoms with Gasteiger partial charge in [-0.25, -0.2) is 18.7 Å². The highest BCUT2D eigenvalue weighted by atomic mass is 19.1. The van der Waals surface area contributed by atoms with Crippen LogP contribution in [0.1, 0.15) is 98.0 Å². The Hall–Kier alpha value is -3.84. The van der Waals surface area contributed by atoms with Crippen LogP contribution < -0.4 is 10.6 Å². The van der Waals surface area contributed by atoms with E-state index in [-0.39, 0.29) is 31.7 Å². The molecule has 0 saturated heterocycles. The first-order chi connectivity index (χ1) is 21.9. The summed E-state index contributed by atoms with van der Waals surface area (Å²) in [7, 11) is 0. The Morgan fingerprint density at radius 1 is 1.06 bits per heavy atom. The third kappa shape index (κ3) is 8.01. The summed E-state index contributed by atoms with van der Waals surface area (Å²) >= 11 is 0. The average Bonchev–Trinajstić information content (AvgIpc) is 3.46. The lowest BCUT2D eigenvalue weighted by molar-refractivity contribution is -0.238. The molecule has 0 bridgehead atoms. The highest BCUT2D eigenvalue weighted by Gasteiger charge is 2.49. The third-order valence-electron chi connectivity index (χ3n) is 8.60. The molecule has 2 amide bonds. The van der Waals surface area contributed by atoms with Gasteiger partial charge in [0.2, 0.25) is 5.67 Å². The largest absolute Gasteiger partial charge is 0.464 e. The molecule has 1 aliphatic carbocycles. The first kappa shape index (κ1) is 36.0. The van der Waals surface area contributed by atoms with Crippen LogP contribution in [0.4, 0.5) is 9.18 Å². The van der Waals surface area contributed by atoms with Gasteiger partial charge in [0.15, 0.2) is 0 Å². The molecule has 2 unspecified atom stereocenters. The number of hydrogen-bond donors (Lipinski definition) is 2. The Bertz CT molecular complexity index is 1500. The van der Waals surface area contributed by atoms with Crippen molar-refractivity contribution in [3.05, 3.63) is 52.9 Å². The normalized spacial score (nSPS) is 21.4. The number of alkyl carbamates (subject to hydrolysis) is 1. The molecule has 2 N–H and O–H groups in total. The van der Waals surface area contributed by atoms with E-state index in [4.69, 9.17) is 9.47 Å². The number of halogens is 1. The molecule has 13 heteroatoms. The van der Waals surface area contributed by atoms with Gasteiger partial charge in [-0.15, -0.1) is 15.4 Å². The predicted molar refractivity (Wildman–Crippen MR) is 172 cm³/mol. The van der Waals surface area contributed by atoms with Crippen molar-refractivity contribution in [3.8, 4) is 5.69 Å². The van der Waals surface area contributed by atoms with Crippen LogP contribution >= 0.6 is 0 Å². The molecule has 2 aromatic rings. The SMILES string of the molecule is CCOC(=O)C(Cc1ccc(-n2nnc3c2CCCCCC3(F)C(=O)NCC2=CC(C)(C)N([O])C2(C)C)cc1)NC(=O)OC(C)(C)C. The molecular weight excluding hydrogens is 607 g/mol. The van der Waals surface area contributed by atoms with Gasteiger partial charge in [-0.2, -0.15) is 0 Å². The lowest BCUT2D eigenvalue weighted by Gasteiger charge is -2.34. The molecule has 1 aromatic heterocycles. The van der Waals surface area contributed by atoms with Crippen molar-refractivity contribution in [2.24, 2.45) is 0 Å². The van der Waals surface area contributed by atoms with E-state index in [9.17, 15) is 19.6 Å². The number of alkyl halides is 1. The average molecular weight is 656 g/mol. The first-order valence-electron chi connectivity index (χ1n) is 16.3. The van der Waals surface area contributed by atoms with Gasteiger partial charge in [-0.1, -0.05) is 29.8 Å². The molecule has 0 fully saturated rings. The van der Waals surface area contributed by atoms with Gasteiger partial charge in [-0.05, 0) is 104 Å². The Kier molecular flexibility index (Phi) is 10.5. The number of ether oxygens (including phenoxy) is 2. The van der Waals surface area contributed by atoms with E-state index in [2.05, 4.69) is 20.9 Å². The summed E-state index contributed by atoms with van der Waals surface area (Å²) in [6.45, 7) is 14.3. The smallest absolute Gasteiger partial charge is 0.408 e. The number of carbonyl (C=O) groups is 3. The zero-order valence-electron chi connectivity index (χ0n) is 28.7. The molecule has 4 rings (SSSR count). The minimum atomic E-state index is -2.40. The molecule has 1 aliphatic heterocycles. The van der Waals surface area contributed by atoms with Crippen molar-refractivity contribution in [2.45, 2.75) is 122 Å². The number of hydroxylamine groups is 2. The maximum absolute atomic E-state index is 16.9. The molecule has 47 heavy (non-hydrogen) atoms. The quantitative estimate of drug-likeness (QED) is 0.289. The number of hydrogen-bond acceptors (Lipinski definition) is 8. The zero-order valence-corrected chi connectivity index (χ0v) is 28.7. The highest BCUT2D eigenvalue weighted by molar-refractivity contribution is 5.86. The molecule has 12 nitrogen and oxygen atoms in total. The zero-order chi connectivity index (χ0) is 34.8. The van der Waals surface area contributed by atoms with Crippen LogP contribution in [0.3, 0.4) is 0 Å². The van der Waals surface area contributed by atoms with Crippen molar-refractivity contribution in [3.63, 3.8) is 0 Å². The molecule has 1 aromatic carbocycles. The number of aromatic nitrogens is 3. The van der Waals surface area contributed by atoms with Crippen molar-refractivity contribution < 1.29 is 33.5 Å².